The molecule has 25 rings (SSSR count). The summed E-state index contributed by atoms with van der Waals surface area (Å²) in [6.07, 6.45) is 53.8. The molecule has 0 fully saturated rings. The van der Waals surface area contributed by atoms with Crippen LogP contribution in [0.15, 0.2) is 306 Å². The van der Waals surface area contributed by atoms with E-state index in [0.717, 1.165) is 178 Å². The number of aromatic nitrogens is 31. The third-order valence-electron chi connectivity index (χ3n) is 22.1. The predicted molar refractivity (Wildman–Crippen MR) is 525 cm³/mol. The molecule has 0 saturated heterocycles. The van der Waals surface area contributed by atoms with E-state index in [1.807, 2.05) is 321 Å². The molecule has 0 radical (unpaired) electrons. The first-order valence-electron chi connectivity index (χ1n) is 42.4. The van der Waals surface area contributed by atoms with Gasteiger partial charge in [0.1, 0.15) is 0 Å². The third-order valence-corrected chi connectivity index (χ3v) is 23.7. The molecule has 20 heterocycles. The number of hydrogen-bond acceptors (Lipinski definition) is 28. The largest absolute Gasteiger partial charge is 0.375 e. The second-order valence-corrected chi connectivity index (χ2v) is 33.6. The maximum Gasteiger partial charge on any atom is 0.180 e. The number of benzene rings is 5. The van der Waals surface area contributed by atoms with Gasteiger partial charge >= 0.3 is 0 Å². The van der Waals surface area contributed by atoms with E-state index in [2.05, 4.69) is 152 Å². The summed E-state index contributed by atoms with van der Waals surface area (Å²) in [4.78, 5) is 62.4. The maximum absolute atomic E-state index is 5.76. The van der Waals surface area contributed by atoms with Crippen molar-refractivity contribution in [1.82, 2.24) is 150 Å². The van der Waals surface area contributed by atoms with Gasteiger partial charge in [0.05, 0.1) is 123 Å². The lowest BCUT2D eigenvalue weighted by molar-refractivity contribution is 0.768. The summed E-state index contributed by atoms with van der Waals surface area (Å²) in [5, 5.41) is 50.6. The first-order valence-corrected chi connectivity index (χ1v) is 44.1. The highest BCUT2D eigenvalue weighted by Crippen LogP contribution is 2.36. The summed E-state index contributed by atoms with van der Waals surface area (Å²) in [5.74, 6) is 3.49. The molecule has 0 aliphatic carbocycles. The molecule has 0 unspecified atom stereocenters. The second kappa shape index (κ2) is 35.9. The minimum atomic E-state index is 0.556. The summed E-state index contributed by atoms with van der Waals surface area (Å²) in [6, 6.07) is 40.4. The number of rotatable bonds is 17. The van der Waals surface area contributed by atoms with Crippen molar-refractivity contribution in [3.05, 3.63) is 323 Å². The van der Waals surface area contributed by atoms with E-state index in [4.69, 9.17) is 5.73 Å². The van der Waals surface area contributed by atoms with Crippen LogP contribution in [0.25, 0.3) is 133 Å². The number of anilines is 11. The van der Waals surface area contributed by atoms with Gasteiger partial charge in [0.2, 0.25) is 0 Å². The van der Waals surface area contributed by atoms with Gasteiger partial charge in [-0.1, -0.05) is 30.3 Å². The maximum atomic E-state index is 5.76. The molecule has 0 atom stereocenters. The Morgan fingerprint density at radius 2 is 0.763 bits per heavy atom. The number of nitrogens with one attached hydrogen (secondary N) is 5. The number of thiazole rings is 2. The first-order chi connectivity index (χ1) is 66.0. The summed E-state index contributed by atoms with van der Waals surface area (Å²) < 4.78 is 22.0. The standard InChI is InChI=1S/C21H20N8.C19H16N8S.2C19H15N7.C18H15N7S/c1-14-10-15(2)29(26-14)18-6-4-17(5-7-18)25-20-21-23-12-19(28(21)9-8-22-20)16-11-24-27(3)13-16;1-26-10-13(8-23-26)16-9-22-18-17(21-5-6-27(16)18)24-14-4-2-3-12(7-14)15-11-28-19(20)25-15;1-25-12-15(10-23-25)17-11-22-19-18(21-6-7-26(17)19)24-16-3-2-14-9-20-5-4-13(14)8-16;1-25-12-14(10-23-25)17-11-22-19-18(21-7-8-26(17)19)24-16-4-2-3-13-9-20-6-5-15(13)16;1-11-22-14-4-3-13(7-16(14)26-11)23-17-18-20-9-15(25(18)6-5-19-17)12-8-21-24(2)10-12/h4-13H,1-3H3,(H,22,25);2-11H,1H3,(H2,20,25)(H,21,24);2*2-12H,1H3,(H,21,24);3-10H,1-2H3,(H,19,23). The average Bonchev–Trinajstić information content (AvgIpc) is 1.65. The lowest BCUT2D eigenvalue weighted by Gasteiger charge is -2.10. The van der Waals surface area contributed by atoms with Gasteiger partial charge in [-0.25, -0.2) is 64.5 Å². The molecule has 0 spiro atoms. The van der Waals surface area contributed by atoms with Gasteiger partial charge in [-0.3, -0.25) is 55.4 Å². The fraction of sp³-hybridized carbons (Fsp3) is 0.0833. The van der Waals surface area contributed by atoms with E-state index < -0.39 is 0 Å². The Morgan fingerprint density at radius 3 is 1.21 bits per heavy atom. The van der Waals surface area contributed by atoms with Crippen molar-refractivity contribution in [2.75, 3.05) is 32.3 Å². The molecule has 0 aliphatic rings. The molecule has 39 heteroatoms. The molecule has 25 aromatic rings. The molecule has 5 aromatic carbocycles. The highest BCUT2D eigenvalue weighted by atomic mass is 32.1. The molecule has 7 N–H and O–H groups in total. The molecular formula is C96H81N37S2. The van der Waals surface area contributed by atoms with E-state index in [0.29, 0.717) is 34.2 Å². The highest BCUT2D eigenvalue weighted by molar-refractivity contribution is 7.18. The van der Waals surface area contributed by atoms with E-state index in [1.54, 1.807) is 78.1 Å². The Labute approximate surface area is 775 Å². The second-order valence-electron chi connectivity index (χ2n) is 31.5. The molecule has 0 aliphatic heterocycles. The number of nitrogens with two attached hydrogens (primary N) is 1. The van der Waals surface area contributed by atoms with Crippen molar-refractivity contribution >= 4 is 145 Å². The van der Waals surface area contributed by atoms with Crippen LogP contribution in [-0.2, 0) is 35.2 Å². The number of nitrogens with zero attached hydrogens (tertiary/aromatic N) is 31. The average molecular weight is 1820 g/mol. The minimum Gasteiger partial charge on any atom is -0.375 e. The zero-order chi connectivity index (χ0) is 91.7. The normalized spacial score (nSPS) is 11.3. The number of aryl methyl sites for hydroxylation is 8. The molecule has 662 valence electrons. The summed E-state index contributed by atoms with van der Waals surface area (Å²) in [6.45, 7) is 6.06. The topological polar surface area (TPSA) is 396 Å². The Kier molecular flexibility index (Phi) is 22.2. The first kappa shape index (κ1) is 83.5. The van der Waals surface area contributed by atoms with Crippen molar-refractivity contribution in [2.24, 2.45) is 35.2 Å². The molecule has 0 saturated carbocycles. The highest BCUT2D eigenvalue weighted by Gasteiger charge is 2.21. The summed E-state index contributed by atoms with van der Waals surface area (Å²) >= 11 is 3.11. The van der Waals surface area contributed by atoms with Crippen molar-refractivity contribution < 1.29 is 0 Å². The number of pyridine rings is 2. The number of nitrogen functional groups attached to an aromatic ring is 1. The van der Waals surface area contributed by atoms with Crippen LogP contribution in [0, 0.1) is 20.8 Å². The van der Waals surface area contributed by atoms with Crippen molar-refractivity contribution in [3.8, 4) is 73.2 Å². The Balaban J connectivity index is 0.000000101. The molecule has 20 aromatic heterocycles. The zero-order valence-electron chi connectivity index (χ0n) is 73.6. The van der Waals surface area contributed by atoms with Gasteiger partial charge in [-0.2, -0.15) is 30.6 Å². The van der Waals surface area contributed by atoms with Crippen molar-refractivity contribution in [1.29, 1.82) is 0 Å². The smallest absolute Gasteiger partial charge is 0.180 e. The van der Waals surface area contributed by atoms with Crippen molar-refractivity contribution in [2.45, 2.75) is 20.8 Å². The van der Waals surface area contributed by atoms with E-state index in [1.165, 1.54) is 11.3 Å². The van der Waals surface area contributed by atoms with Gasteiger partial charge in [-0.05, 0) is 117 Å². The van der Waals surface area contributed by atoms with E-state index in [9.17, 15) is 0 Å². The van der Waals surface area contributed by atoms with Gasteiger partial charge in [-0.15, -0.1) is 22.7 Å². The molecule has 0 amide bonds. The summed E-state index contributed by atoms with van der Waals surface area (Å²) in [5.41, 5.74) is 30.2. The monoisotopic (exact) mass is 1820 g/mol. The van der Waals surface area contributed by atoms with Gasteiger partial charge < -0.3 is 32.3 Å². The third kappa shape index (κ3) is 17.4. The van der Waals surface area contributed by atoms with Crippen LogP contribution >= 0.6 is 22.7 Å². The van der Waals surface area contributed by atoms with Gasteiger partial charge in [0.25, 0.3) is 0 Å². The number of imidazole rings is 5. The van der Waals surface area contributed by atoms with Gasteiger partial charge in [0.15, 0.2) is 62.5 Å². The van der Waals surface area contributed by atoms with Crippen molar-refractivity contribution in [3.63, 3.8) is 0 Å². The molecular weight excluding hydrogens is 1740 g/mol. The Hall–Kier alpha value is -18.4. The lowest BCUT2D eigenvalue weighted by Crippen LogP contribution is -2.01. The van der Waals surface area contributed by atoms with E-state index in [-0.39, 0.29) is 0 Å². The zero-order valence-corrected chi connectivity index (χ0v) is 75.3. The summed E-state index contributed by atoms with van der Waals surface area (Å²) in [7, 11) is 9.49. The fourth-order valence-electron chi connectivity index (χ4n) is 15.8. The van der Waals surface area contributed by atoms with Crippen LogP contribution in [0.3, 0.4) is 0 Å². The molecule has 0 bridgehead atoms. The van der Waals surface area contributed by atoms with Gasteiger partial charge in [0, 0.05) is 242 Å². The minimum absolute atomic E-state index is 0.556. The van der Waals surface area contributed by atoms with E-state index >= 15 is 0 Å². The van der Waals surface area contributed by atoms with Crippen LogP contribution in [-0.4, -0.2) is 150 Å². The lowest BCUT2D eigenvalue weighted by atomic mass is 10.1. The van der Waals surface area contributed by atoms with Crippen LogP contribution < -0.4 is 32.3 Å². The molecule has 37 nitrogen and oxygen atoms in total. The quantitative estimate of drug-likeness (QED) is 0.0493. The number of hydrogen-bond donors (Lipinski definition) is 6. The SMILES string of the molecule is Cc1cc(C)n(-c2ccc(Nc3nccn4c(-c5cnn(C)c5)cnc34)cc2)n1.Cc1nc2ccc(Nc3nccn4c(-c5cnn(C)c5)cnc34)cc2s1.Cn1cc(-c2cnc3c(Nc4ccc5cnccc5c4)nccn23)cn1.Cn1cc(-c2cnc3c(Nc4cccc(-c5csc(N)n5)c4)nccn23)cn1.Cn1cc(-c2cnc3c(Nc4cccc5cnccc45)nccn23)cn1. The van der Waals surface area contributed by atoms with Crippen LogP contribution in [0.2, 0.25) is 0 Å². The Bertz CT molecular complexity index is 8600. The Morgan fingerprint density at radius 1 is 0.341 bits per heavy atom. The van der Waals surface area contributed by atoms with Crippen LogP contribution in [0.5, 0.6) is 0 Å². The van der Waals surface area contributed by atoms with Crippen LogP contribution in [0.1, 0.15) is 16.4 Å². The fourth-order valence-corrected chi connectivity index (χ4v) is 17.2. The number of fused-ring (bicyclic) bond motifs is 8. The predicted octanol–water partition coefficient (Wildman–Crippen LogP) is 17.9. The van der Waals surface area contributed by atoms with Crippen LogP contribution in [0.4, 0.5) is 62.7 Å². The molecule has 135 heavy (non-hydrogen) atoms.